The molecule has 0 fully saturated rings. The van der Waals surface area contributed by atoms with Crippen LogP contribution in [0.4, 0.5) is 10.8 Å². The molecule has 2 amide bonds. The van der Waals surface area contributed by atoms with Gasteiger partial charge in [0.1, 0.15) is 5.75 Å². The second-order valence-electron chi connectivity index (χ2n) is 7.82. The van der Waals surface area contributed by atoms with Gasteiger partial charge in [-0.05, 0) is 61.6 Å². The van der Waals surface area contributed by atoms with E-state index in [4.69, 9.17) is 9.72 Å². The summed E-state index contributed by atoms with van der Waals surface area (Å²) in [5.74, 6) is 0.346. The van der Waals surface area contributed by atoms with E-state index in [0.29, 0.717) is 16.4 Å². The lowest BCUT2D eigenvalue weighted by atomic mass is 9.90. The molecule has 0 spiro atoms. The molecule has 31 heavy (non-hydrogen) atoms. The summed E-state index contributed by atoms with van der Waals surface area (Å²) in [6, 6.07) is 15.1. The molecule has 6 nitrogen and oxygen atoms in total. The largest absolute Gasteiger partial charge is 0.497 e. The molecule has 7 heteroatoms. The van der Waals surface area contributed by atoms with Crippen molar-refractivity contribution in [2.45, 2.75) is 31.6 Å². The van der Waals surface area contributed by atoms with Gasteiger partial charge in [0, 0.05) is 22.7 Å². The van der Waals surface area contributed by atoms with Gasteiger partial charge in [-0.25, -0.2) is 4.98 Å². The van der Waals surface area contributed by atoms with Gasteiger partial charge in [0.2, 0.25) is 5.91 Å². The third-order valence-corrected chi connectivity index (χ3v) is 7.02. The Hall–Kier alpha value is -3.19. The number of aromatic nitrogens is 1. The number of thiazole rings is 1. The van der Waals surface area contributed by atoms with Gasteiger partial charge in [0.25, 0.3) is 5.91 Å². The zero-order valence-electron chi connectivity index (χ0n) is 17.3. The maximum absolute atomic E-state index is 13.4. The number of hydrogen-bond acceptors (Lipinski definition) is 5. The number of benzene rings is 2. The van der Waals surface area contributed by atoms with Crippen LogP contribution in [0.1, 0.15) is 45.3 Å². The van der Waals surface area contributed by atoms with Crippen LogP contribution < -0.4 is 15.0 Å². The van der Waals surface area contributed by atoms with Crippen LogP contribution in [0, 0.1) is 0 Å². The monoisotopic (exact) mass is 433 g/mol. The van der Waals surface area contributed by atoms with Gasteiger partial charge in [0.15, 0.2) is 5.13 Å². The van der Waals surface area contributed by atoms with E-state index >= 15 is 0 Å². The molecule has 1 atom stereocenters. The summed E-state index contributed by atoms with van der Waals surface area (Å²) < 4.78 is 5.14. The lowest BCUT2D eigenvalue weighted by Gasteiger charge is -2.26. The second-order valence-corrected chi connectivity index (χ2v) is 8.91. The molecule has 1 aromatic heterocycles. The first-order valence-electron chi connectivity index (χ1n) is 10.5. The molecule has 5 rings (SSSR count). The van der Waals surface area contributed by atoms with E-state index in [1.54, 1.807) is 31.4 Å². The van der Waals surface area contributed by atoms with Gasteiger partial charge >= 0.3 is 0 Å². The van der Waals surface area contributed by atoms with Crippen molar-refractivity contribution in [2.24, 2.45) is 0 Å². The first kappa shape index (κ1) is 19.8. The standard InChI is InChI=1S/C24H23N3O3S/c1-30-17-11-9-16(10-12-17)22(28)26-24-25-21-18(6-4-8-20(21)31-24)23(29)27-14-13-15-5-2-3-7-19(15)27/h2-3,5,7,9-12,18H,4,6,8,13-14H2,1H3,(H,25,26,28)/t18-/m0/s1. The van der Waals surface area contributed by atoms with Crippen LogP contribution in [0.5, 0.6) is 5.75 Å². The highest BCUT2D eigenvalue weighted by molar-refractivity contribution is 7.16. The summed E-state index contributed by atoms with van der Waals surface area (Å²) >= 11 is 1.48. The van der Waals surface area contributed by atoms with Crippen LogP contribution >= 0.6 is 11.3 Å². The Morgan fingerprint density at radius 2 is 1.94 bits per heavy atom. The van der Waals surface area contributed by atoms with E-state index in [1.807, 2.05) is 23.1 Å². The van der Waals surface area contributed by atoms with E-state index in [2.05, 4.69) is 11.4 Å². The number of carbonyl (C=O) groups is 2. The van der Waals surface area contributed by atoms with Gasteiger partial charge in [-0.1, -0.05) is 18.2 Å². The number of rotatable bonds is 4. The second kappa shape index (κ2) is 8.15. The highest BCUT2D eigenvalue weighted by Crippen LogP contribution is 2.40. The van der Waals surface area contributed by atoms with E-state index < -0.39 is 0 Å². The summed E-state index contributed by atoms with van der Waals surface area (Å²) in [5, 5.41) is 3.45. The number of para-hydroxylation sites is 1. The number of hydrogen-bond donors (Lipinski definition) is 1. The van der Waals surface area contributed by atoms with Gasteiger partial charge in [-0.2, -0.15) is 0 Å². The van der Waals surface area contributed by atoms with Crippen molar-refractivity contribution in [3.8, 4) is 5.75 Å². The zero-order valence-corrected chi connectivity index (χ0v) is 18.1. The Labute approximate surface area is 184 Å². The van der Waals surface area contributed by atoms with Crippen molar-refractivity contribution >= 4 is 34.0 Å². The lowest BCUT2D eigenvalue weighted by molar-refractivity contribution is -0.120. The first-order valence-corrected chi connectivity index (χ1v) is 11.3. The minimum absolute atomic E-state index is 0.115. The number of amides is 2. The molecular weight excluding hydrogens is 410 g/mol. The molecule has 158 valence electrons. The molecule has 1 aliphatic carbocycles. The Morgan fingerprint density at radius 3 is 2.74 bits per heavy atom. The molecule has 2 aromatic carbocycles. The Kier molecular flexibility index (Phi) is 5.19. The molecule has 0 bridgehead atoms. The fraction of sp³-hybridized carbons (Fsp3) is 0.292. The van der Waals surface area contributed by atoms with Crippen molar-refractivity contribution in [2.75, 3.05) is 23.9 Å². The van der Waals surface area contributed by atoms with E-state index in [1.165, 1.54) is 16.9 Å². The van der Waals surface area contributed by atoms with E-state index in [9.17, 15) is 9.59 Å². The number of methoxy groups -OCH3 is 1. The van der Waals surface area contributed by atoms with Crippen LogP contribution in [-0.4, -0.2) is 30.5 Å². The van der Waals surface area contributed by atoms with E-state index in [-0.39, 0.29) is 17.7 Å². The quantitative estimate of drug-likeness (QED) is 0.661. The average Bonchev–Trinajstić information content (AvgIpc) is 3.42. The van der Waals surface area contributed by atoms with Crippen LogP contribution in [0.15, 0.2) is 48.5 Å². The molecule has 1 aliphatic heterocycles. The van der Waals surface area contributed by atoms with Gasteiger partial charge in [0.05, 0.1) is 18.7 Å². The average molecular weight is 434 g/mol. The molecule has 0 saturated carbocycles. The molecule has 0 radical (unpaired) electrons. The summed E-state index contributed by atoms with van der Waals surface area (Å²) in [7, 11) is 1.59. The third kappa shape index (κ3) is 3.70. The number of aryl methyl sites for hydroxylation is 1. The van der Waals surface area contributed by atoms with Crippen molar-refractivity contribution in [1.29, 1.82) is 0 Å². The predicted molar refractivity (Wildman–Crippen MR) is 121 cm³/mol. The van der Waals surface area contributed by atoms with Gasteiger partial charge < -0.3 is 9.64 Å². The van der Waals surface area contributed by atoms with Crippen molar-refractivity contribution < 1.29 is 14.3 Å². The molecule has 2 aliphatic rings. The minimum atomic E-state index is -0.252. The fourth-order valence-corrected chi connectivity index (χ4v) is 5.44. The predicted octanol–water partition coefficient (Wildman–Crippen LogP) is 4.41. The van der Waals surface area contributed by atoms with Gasteiger partial charge in [-0.3, -0.25) is 14.9 Å². The van der Waals surface area contributed by atoms with Crippen molar-refractivity contribution in [3.05, 3.63) is 70.2 Å². The van der Waals surface area contributed by atoms with Crippen LogP contribution in [0.2, 0.25) is 0 Å². The summed E-state index contributed by atoms with van der Waals surface area (Å²) in [5.41, 5.74) is 3.60. The Morgan fingerprint density at radius 1 is 1.13 bits per heavy atom. The molecule has 0 saturated heterocycles. The molecular formula is C24H23N3O3S. The smallest absolute Gasteiger partial charge is 0.257 e. The Bertz CT molecular complexity index is 1140. The van der Waals surface area contributed by atoms with E-state index in [0.717, 1.165) is 48.5 Å². The number of ether oxygens (including phenoxy) is 1. The maximum Gasteiger partial charge on any atom is 0.257 e. The Balaban J connectivity index is 1.36. The van der Waals surface area contributed by atoms with Crippen molar-refractivity contribution in [1.82, 2.24) is 4.98 Å². The minimum Gasteiger partial charge on any atom is -0.497 e. The van der Waals surface area contributed by atoms with Gasteiger partial charge in [-0.15, -0.1) is 11.3 Å². The molecule has 3 aromatic rings. The molecule has 0 unspecified atom stereocenters. The number of anilines is 2. The topological polar surface area (TPSA) is 71.5 Å². The van der Waals surface area contributed by atoms with Crippen molar-refractivity contribution in [3.63, 3.8) is 0 Å². The summed E-state index contributed by atoms with van der Waals surface area (Å²) in [4.78, 5) is 33.8. The molecule has 2 heterocycles. The number of carbonyl (C=O) groups excluding carboxylic acids is 2. The lowest BCUT2D eigenvalue weighted by Crippen LogP contribution is -2.35. The highest BCUT2D eigenvalue weighted by Gasteiger charge is 2.36. The first-order chi connectivity index (χ1) is 15.1. The molecule has 1 N–H and O–H groups in total. The summed E-state index contributed by atoms with van der Waals surface area (Å²) in [6.07, 6.45) is 3.53. The zero-order chi connectivity index (χ0) is 21.4. The van der Waals surface area contributed by atoms with Crippen LogP contribution in [0.25, 0.3) is 0 Å². The highest BCUT2D eigenvalue weighted by atomic mass is 32.1. The normalized spacial score (nSPS) is 17.1. The number of fused-ring (bicyclic) bond motifs is 2. The third-order valence-electron chi connectivity index (χ3n) is 5.98. The number of nitrogens with zero attached hydrogens (tertiary/aromatic N) is 2. The van der Waals surface area contributed by atoms with Crippen LogP contribution in [0.3, 0.4) is 0 Å². The number of nitrogens with one attached hydrogen (secondary N) is 1. The van der Waals surface area contributed by atoms with Crippen LogP contribution in [-0.2, 0) is 17.6 Å². The maximum atomic E-state index is 13.4. The fourth-order valence-electron chi connectivity index (χ4n) is 4.38. The summed E-state index contributed by atoms with van der Waals surface area (Å²) in [6.45, 7) is 0.717. The SMILES string of the molecule is COc1ccc(C(=O)Nc2nc3c(s2)CCC[C@@H]3C(=O)N2CCc3ccccc32)cc1.